The van der Waals surface area contributed by atoms with Crippen LogP contribution in [0.5, 0.6) is 0 Å². The lowest BCUT2D eigenvalue weighted by molar-refractivity contribution is -0.0882. The molecule has 0 aromatic heterocycles. The molecule has 0 N–H and O–H groups in total. The maximum Gasteiger partial charge on any atom is 0.416 e. The van der Waals surface area contributed by atoms with E-state index >= 15 is 0 Å². The van der Waals surface area contributed by atoms with Gasteiger partial charge in [0.1, 0.15) is 0 Å². The Labute approximate surface area is 64.7 Å². The highest BCUT2D eigenvalue weighted by Gasteiger charge is 2.30. The largest absolute Gasteiger partial charge is 0.416 e. The number of allylic oxidation sites excluding steroid dienone is 3. The van der Waals surface area contributed by atoms with Crippen LogP contribution in [0.3, 0.4) is 0 Å². The Kier molecular flexibility index (Phi) is 6.64. The molecule has 0 rings (SSSR count). The molecule has 64 valence electrons. The first-order chi connectivity index (χ1) is 5.02. The van der Waals surface area contributed by atoms with Crippen molar-refractivity contribution in [2.45, 2.75) is 13.1 Å². The van der Waals surface area contributed by atoms with Crippen LogP contribution in [0.1, 0.15) is 6.92 Å². The molecule has 0 aliphatic carbocycles. The summed E-state index contributed by atoms with van der Waals surface area (Å²) in [4.78, 5) is 0. The summed E-state index contributed by atoms with van der Waals surface area (Å²) in [5, 5.41) is 0. The summed E-state index contributed by atoms with van der Waals surface area (Å²) in [6.07, 6.45) is -2.47. The molecule has 0 amide bonds. The van der Waals surface area contributed by atoms with Gasteiger partial charge in [0.25, 0.3) is 0 Å². The van der Waals surface area contributed by atoms with Crippen LogP contribution in [0.2, 0.25) is 0 Å². The number of hydrogen-bond acceptors (Lipinski definition) is 0. The van der Waals surface area contributed by atoms with E-state index in [1.54, 1.807) is 0 Å². The van der Waals surface area contributed by atoms with Gasteiger partial charge in [0.2, 0.25) is 0 Å². The summed E-state index contributed by atoms with van der Waals surface area (Å²) < 4.78 is 34.7. The second-order valence-electron chi connectivity index (χ2n) is 1.45. The fourth-order valence-electron chi connectivity index (χ4n) is 0.397. The SMILES string of the molecule is C=C.C=C/C(=C\C)C(F)(F)F. The molecule has 0 aromatic rings. The van der Waals surface area contributed by atoms with Crippen molar-refractivity contribution in [3.05, 3.63) is 37.5 Å². The van der Waals surface area contributed by atoms with Gasteiger partial charge in [-0.3, -0.25) is 0 Å². The summed E-state index contributed by atoms with van der Waals surface area (Å²) in [5.74, 6) is 0. The van der Waals surface area contributed by atoms with Gasteiger partial charge in [-0.1, -0.05) is 18.7 Å². The van der Waals surface area contributed by atoms with Crippen molar-refractivity contribution in [1.29, 1.82) is 0 Å². The molecule has 11 heavy (non-hydrogen) atoms. The molecule has 0 saturated heterocycles. The zero-order chi connectivity index (χ0) is 9.49. The molecule has 3 heteroatoms. The van der Waals surface area contributed by atoms with Gasteiger partial charge in [0.05, 0.1) is 5.57 Å². The van der Waals surface area contributed by atoms with Gasteiger partial charge in [-0.2, -0.15) is 13.2 Å². The predicted octanol–water partition coefficient (Wildman–Crippen LogP) is 3.48. The molecule has 0 spiro atoms. The fraction of sp³-hybridized carbons (Fsp3) is 0.250. The topological polar surface area (TPSA) is 0 Å². The highest BCUT2D eigenvalue weighted by Crippen LogP contribution is 2.25. The van der Waals surface area contributed by atoms with Crippen molar-refractivity contribution in [2.24, 2.45) is 0 Å². The maximum atomic E-state index is 11.6. The van der Waals surface area contributed by atoms with Crippen LogP contribution in [0.15, 0.2) is 37.5 Å². The Morgan fingerprint density at radius 1 is 1.27 bits per heavy atom. The molecule has 0 radical (unpaired) electrons. The third kappa shape index (κ3) is 5.45. The highest BCUT2D eigenvalue weighted by molar-refractivity contribution is 5.20. The minimum absolute atomic E-state index is 0.692. The standard InChI is InChI=1S/C6H7F3.C2H4/c1-3-5(4-2)6(7,8)9;1-2/h3-4H,1H2,2H3;1-2H2/b5-4+;. The second kappa shape index (κ2) is 5.77. The molecule has 0 nitrogen and oxygen atoms in total. The van der Waals surface area contributed by atoms with Gasteiger partial charge in [0.15, 0.2) is 0 Å². The molecule has 0 fully saturated rings. The van der Waals surface area contributed by atoms with E-state index in [1.165, 1.54) is 6.92 Å². The smallest absolute Gasteiger partial charge is 0.166 e. The molecule has 0 aliphatic rings. The quantitative estimate of drug-likeness (QED) is 0.411. The van der Waals surface area contributed by atoms with Crippen LogP contribution in [0.25, 0.3) is 0 Å². The maximum absolute atomic E-state index is 11.6. The number of hydrogen-bond donors (Lipinski definition) is 0. The summed E-state index contributed by atoms with van der Waals surface area (Å²) in [5.41, 5.74) is -0.692. The van der Waals surface area contributed by atoms with Gasteiger partial charge in [-0.15, -0.1) is 13.2 Å². The molecule has 0 atom stereocenters. The molecule has 0 aromatic carbocycles. The van der Waals surface area contributed by atoms with Gasteiger partial charge in [-0.25, -0.2) is 0 Å². The van der Waals surface area contributed by atoms with E-state index in [9.17, 15) is 13.2 Å². The third-order valence-electron chi connectivity index (χ3n) is 0.858. The van der Waals surface area contributed by atoms with E-state index < -0.39 is 11.7 Å². The van der Waals surface area contributed by atoms with Gasteiger partial charge >= 0.3 is 6.18 Å². The van der Waals surface area contributed by atoms with E-state index in [4.69, 9.17) is 0 Å². The lowest BCUT2D eigenvalue weighted by Gasteiger charge is -2.04. The van der Waals surface area contributed by atoms with Crippen molar-refractivity contribution in [3.63, 3.8) is 0 Å². The first-order valence-corrected chi connectivity index (χ1v) is 2.88. The Bertz CT molecular complexity index is 142. The molecule has 0 saturated carbocycles. The Hall–Kier alpha value is -0.990. The number of alkyl halides is 3. The molecule has 0 bridgehead atoms. The van der Waals surface area contributed by atoms with Crippen molar-refractivity contribution in [1.82, 2.24) is 0 Å². The summed E-state index contributed by atoms with van der Waals surface area (Å²) in [6.45, 7) is 10.3. The highest BCUT2D eigenvalue weighted by atomic mass is 19.4. The minimum atomic E-state index is -4.24. The van der Waals surface area contributed by atoms with Crippen molar-refractivity contribution in [2.75, 3.05) is 0 Å². The van der Waals surface area contributed by atoms with Crippen LogP contribution in [0.4, 0.5) is 13.2 Å². The van der Waals surface area contributed by atoms with Crippen LogP contribution >= 0.6 is 0 Å². The summed E-state index contributed by atoms with van der Waals surface area (Å²) in [7, 11) is 0. The van der Waals surface area contributed by atoms with Crippen molar-refractivity contribution in [3.8, 4) is 0 Å². The Balaban J connectivity index is 0. The van der Waals surface area contributed by atoms with Gasteiger partial charge in [0, 0.05) is 0 Å². The normalized spacial score (nSPS) is 11.5. The molecular weight excluding hydrogens is 153 g/mol. The minimum Gasteiger partial charge on any atom is -0.166 e. The zero-order valence-electron chi connectivity index (χ0n) is 6.41. The third-order valence-corrected chi connectivity index (χ3v) is 0.858. The average Bonchev–Trinajstić information content (AvgIpc) is 1.92. The molecule has 0 heterocycles. The molecule has 0 aliphatic heterocycles. The predicted molar refractivity (Wildman–Crippen MR) is 41.3 cm³/mol. The van der Waals surface area contributed by atoms with Crippen molar-refractivity contribution >= 4 is 0 Å². The second-order valence-corrected chi connectivity index (χ2v) is 1.45. The first-order valence-electron chi connectivity index (χ1n) is 2.88. The monoisotopic (exact) mass is 164 g/mol. The number of halogens is 3. The van der Waals surface area contributed by atoms with E-state index in [0.29, 0.717) is 0 Å². The van der Waals surface area contributed by atoms with E-state index in [2.05, 4.69) is 19.7 Å². The molecular formula is C8H11F3. The van der Waals surface area contributed by atoms with E-state index in [-0.39, 0.29) is 0 Å². The van der Waals surface area contributed by atoms with Crippen LogP contribution in [-0.2, 0) is 0 Å². The van der Waals surface area contributed by atoms with Crippen LogP contribution < -0.4 is 0 Å². The van der Waals surface area contributed by atoms with E-state index in [1.807, 2.05) is 0 Å². The fourth-order valence-corrected chi connectivity index (χ4v) is 0.397. The average molecular weight is 164 g/mol. The Morgan fingerprint density at radius 3 is 1.64 bits per heavy atom. The van der Waals surface area contributed by atoms with E-state index in [0.717, 1.165) is 12.2 Å². The van der Waals surface area contributed by atoms with Crippen molar-refractivity contribution < 1.29 is 13.2 Å². The number of rotatable bonds is 1. The van der Waals surface area contributed by atoms with Gasteiger partial charge in [-0.05, 0) is 6.92 Å². The Morgan fingerprint density at radius 2 is 1.64 bits per heavy atom. The molecule has 0 unspecified atom stereocenters. The lowest BCUT2D eigenvalue weighted by Crippen LogP contribution is -2.08. The van der Waals surface area contributed by atoms with Gasteiger partial charge < -0.3 is 0 Å². The first kappa shape index (κ1) is 12.7. The van der Waals surface area contributed by atoms with Crippen LogP contribution in [0, 0.1) is 0 Å². The lowest BCUT2D eigenvalue weighted by atomic mass is 10.2. The summed E-state index contributed by atoms with van der Waals surface area (Å²) in [6, 6.07) is 0. The zero-order valence-corrected chi connectivity index (χ0v) is 6.41. The van der Waals surface area contributed by atoms with Crippen LogP contribution in [-0.4, -0.2) is 6.18 Å². The summed E-state index contributed by atoms with van der Waals surface area (Å²) >= 11 is 0.